The number of rotatable bonds is 1. The first-order chi connectivity index (χ1) is 6.27. The minimum Gasteiger partial charge on any atom is -0.255 e. The molecule has 0 aliphatic rings. The highest BCUT2D eigenvalue weighted by molar-refractivity contribution is 7.08. The molecule has 4 heteroatoms. The molecule has 1 aromatic carbocycles. The summed E-state index contributed by atoms with van der Waals surface area (Å²) < 4.78 is 1.42. The Morgan fingerprint density at radius 1 is 1.31 bits per heavy atom. The van der Waals surface area contributed by atoms with E-state index < -0.39 is 0 Å². The van der Waals surface area contributed by atoms with Gasteiger partial charge in [0, 0.05) is 0 Å². The standard InChI is InChI=1S/C9H8N2OS/c1-7-10-11(9(12)13-7)8-5-3-2-4-6-8/h2-6H,1H3. The van der Waals surface area contributed by atoms with Gasteiger partial charge in [0.15, 0.2) is 0 Å². The Bertz CT molecular complexity index is 458. The number of aryl methyl sites for hydroxylation is 1. The second-order valence-electron chi connectivity index (χ2n) is 2.63. The lowest BCUT2D eigenvalue weighted by Crippen LogP contribution is -2.11. The Morgan fingerprint density at radius 3 is 2.54 bits per heavy atom. The molecule has 2 aromatic rings. The molecule has 0 radical (unpaired) electrons. The third-order valence-corrected chi connectivity index (χ3v) is 2.37. The zero-order valence-corrected chi connectivity index (χ0v) is 7.91. The fourth-order valence-electron chi connectivity index (χ4n) is 1.10. The summed E-state index contributed by atoms with van der Waals surface area (Å²) in [5.41, 5.74) is 0.817. The summed E-state index contributed by atoms with van der Waals surface area (Å²) in [6.45, 7) is 1.82. The van der Waals surface area contributed by atoms with Gasteiger partial charge in [-0.05, 0) is 19.1 Å². The van der Waals surface area contributed by atoms with E-state index in [0.29, 0.717) is 0 Å². The van der Waals surface area contributed by atoms with Gasteiger partial charge in [0.25, 0.3) is 0 Å². The van der Waals surface area contributed by atoms with E-state index in [1.54, 1.807) is 0 Å². The topological polar surface area (TPSA) is 34.9 Å². The van der Waals surface area contributed by atoms with Gasteiger partial charge in [-0.3, -0.25) is 4.79 Å². The molecule has 0 bridgehead atoms. The Morgan fingerprint density at radius 2 is 2.00 bits per heavy atom. The summed E-state index contributed by atoms with van der Waals surface area (Å²) >= 11 is 1.16. The molecule has 0 saturated carbocycles. The highest BCUT2D eigenvalue weighted by Gasteiger charge is 2.02. The van der Waals surface area contributed by atoms with Crippen molar-refractivity contribution in [2.75, 3.05) is 0 Å². The quantitative estimate of drug-likeness (QED) is 0.688. The van der Waals surface area contributed by atoms with E-state index in [1.807, 2.05) is 37.3 Å². The van der Waals surface area contributed by atoms with Crippen molar-refractivity contribution in [3.63, 3.8) is 0 Å². The van der Waals surface area contributed by atoms with E-state index in [2.05, 4.69) is 5.10 Å². The Hall–Kier alpha value is -1.42. The van der Waals surface area contributed by atoms with Crippen molar-refractivity contribution in [3.05, 3.63) is 45.0 Å². The minimum atomic E-state index is -0.0382. The van der Waals surface area contributed by atoms with Crippen LogP contribution in [0.5, 0.6) is 0 Å². The molecule has 13 heavy (non-hydrogen) atoms. The molecule has 1 heterocycles. The Balaban J connectivity index is 2.59. The van der Waals surface area contributed by atoms with E-state index >= 15 is 0 Å². The predicted octanol–water partition coefficient (Wildman–Crippen LogP) is 1.60. The van der Waals surface area contributed by atoms with Crippen molar-refractivity contribution in [2.24, 2.45) is 0 Å². The van der Waals surface area contributed by atoms with Gasteiger partial charge in [-0.15, -0.1) is 0 Å². The maximum absolute atomic E-state index is 11.4. The van der Waals surface area contributed by atoms with Crippen LogP contribution >= 0.6 is 11.3 Å². The van der Waals surface area contributed by atoms with Crippen LogP contribution in [0, 0.1) is 6.92 Å². The molecule has 0 amide bonds. The summed E-state index contributed by atoms with van der Waals surface area (Å²) in [7, 11) is 0. The van der Waals surface area contributed by atoms with E-state index in [1.165, 1.54) is 4.68 Å². The van der Waals surface area contributed by atoms with Gasteiger partial charge in [-0.1, -0.05) is 29.5 Å². The smallest absolute Gasteiger partial charge is 0.255 e. The number of para-hydroxylation sites is 1. The highest BCUT2D eigenvalue weighted by atomic mass is 32.1. The summed E-state index contributed by atoms with van der Waals surface area (Å²) in [4.78, 5) is 11.3. The summed E-state index contributed by atoms with van der Waals surface area (Å²) in [5, 5.41) is 4.89. The number of aromatic nitrogens is 2. The fourth-order valence-corrected chi connectivity index (χ4v) is 1.71. The normalized spacial score (nSPS) is 10.2. The van der Waals surface area contributed by atoms with Crippen LogP contribution in [0.25, 0.3) is 5.69 Å². The predicted molar refractivity (Wildman–Crippen MR) is 52.4 cm³/mol. The number of benzene rings is 1. The van der Waals surface area contributed by atoms with Crippen molar-refractivity contribution in [1.82, 2.24) is 9.78 Å². The number of nitrogens with zero attached hydrogens (tertiary/aromatic N) is 2. The lowest BCUT2D eigenvalue weighted by molar-refractivity contribution is 0.836. The van der Waals surface area contributed by atoms with Crippen molar-refractivity contribution in [1.29, 1.82) is 0 Å². The molecule has 0 aliphatic carbocycles. The molecule has 0 N–H and O–H groups in total. The van der Waals surface area contributed by atoms with E-state index in [9.17, 15) is 4.79 Å². The fraction of sp³-hybridized carbons (Fsp3) is 0.111. The van der Waals surface area contributed by atoms with Crippen LogP contribution in [-0.2, 0) is 0 Å². The van der Waals surface area contributed by atoms with Crippen LogP contribution < -0.4 is 4.87 Å². The number of hydrogen-bond donors (Lipinski definition) is 0. The molecule has 66 valence electrons. The first kappa shape index (κ1) is 8.19. The zero-order chi connectivity index (χ0) is 9.26. The highest BCUT2D eigenvalue weighted by Crippen LogP contribution is 2.04. The molecule has 0 fully saturated rings. The Labute approximate surface area is 79.3 Å². The monoisotopic (exact) mass is 192 g/mol. The van der Waals surface area contributed by atoms with Crippen molar-refractivity contribution >= 4 is 11.3 Å². The zero-order valence-electron chi connectivity index (χ0n) is 7.10. The van der Waals surface area contributed by atoms with Crippen LogP contribution in [0.1, 0.15) is 5.01 Å². The molecule has 3 nitrogen and oxygen atoms in total. The first-order valence-corrected chi connectivity index (χ1v) is 4.71. The molecule has 2 rings (SSSR count). The summed E-state index contributed by atoms with van der Waals surface area (Å²) in [6.07, 6.45) is 0. The van der Waals surface area contributed by atoms with Crippen LogP contribution in [0.2, 0.25) is 0 Å². The Kier molecular flexibility index (Phi) is 1.98. The second kappa shape index (κ2) is 3.14. The van der Waals surface area contributed by atoms with Crippen molar-refractivity contribution < 1.29 is 0 Å². The first-order valence-electron chi connectivity index (χ1n) is 3.89. The van der Waals surface area contributed by atoms with Crippen molar-refractivity contribution in [3.8, 4) is 5.69 Å². The molecule has 0 atom stereocenters. The lowest BCUT2D eigenvalue weighted by atomic mass is 10.3. The van der Waals surface area contributed by atoms with Crippen LogP contribution in [0.15, 0.2) is 35.1 Å². The van der Waals surface area contributed by atoms with E-state index in [4.69, 9.17) is 0 Å². The van der Waals surface area contributed by atoms with Gasteiger partial charge in [-0.2, -0.15) is 9.78 Å². The van der Waals surface area contributed by atoms with Crippen molar-refractivity contribution in [2.45, 2.75) is 6.92 Å². The maximum atomic E-state index is 11.4. The van der Waals surface area contributed by atoms with Crippen LogP contribution in [0.3, 0.4) is 0 Å². The average molecular weight is 192 g/mol. The van der Waals surface area contributed by atoms with Gasteiger partial charge >= 0.3 is 4.87 Å². The average Bonchev–Trinajstić information content (AvgIpc) is 2.47. The van der Waals surface area contributed by atoms with Gasteiger partial charge in [0.2, 0.25) is 0 Å². The van der Waals surface area contributed by atoms with E-state index in [0.717, 1.165) is 22.0 Å². The van der Waals surface area contributed by atoms with Gasteiger partial charge in [0.1, 0.15) is 5.01 Å². The lowest BCUT2D eigenvalue weighted by Gasteiger charge is -1.96. The third-order valence-electron chi connectivity index (χ3n) is 1.65. The second-order valence-corrected chi connectivity index (χ2v) is 3.78. The molecule has 0 unspecified atom stereocenters. The summed E-state index contributed by atoms with van der Waals surface area (Å²) in [6, 6.07) is 9.40. The molecule has 0 aliphatic heterocycles. The largest absolute Gasteiger partial charge is 0.329 e. The maximum Gasteiger partial charge on any atom is 0.329 e. The SMILES string of the molecule is Cc1nn(-c2ccccc2)c(=O)s1. The molecule has 0 saturated heterocycles. The van der Waals surface area contributed by atoms with Gasteiger partial charge < -0.3 is 0 Å². The van der Waals surface area contributed by atoms with Crippen LogP contribution in [-0.4, -0.2) is 9.78 Å². The third kappa shape index (κ3) is 1.53. The molecule has 1 aromatic heterocycles. The van der Waals surface area contributed by atoms with Crippen LogP contribution in [0.4, 0.5) is 0 Å². The van der Waals surface area contributed by atoms with Gasteiger partial charge in [-0.25, -0.2) is 0 Å². The van der Waals surface area contributed by atoms with E-state index in [-0.39, 0.29) is 4.87 Å². The molecule has 0 spiro atoms. The minimum absolute atomic E-state index is 0.0382. The summed E-state index contributed by atoms with van der Waals surface area (Å²) in [5.74, 6) is 0. The molecular weight excluding hydrogens is 184 g/mol. The van der Waals surface area contributed by atoms with Gasteiger partial charge in [0.05, 0.1) is 5.69 Å². The molecular formula is C9H8N2OS. The number of hydrogen-bond acceptors (Lipinski definition) is 3.